The van der Waals surface area contributed by atoms with Crippen LogP contribution < -0.4 is 0 Å². The number of aliphatic hydroxyl groups excluding tert-OH is 2. The molecule has 1 aromatic carbocycles. The smallest absolute Gasteiger partial charge is 0.438 e. The van der Waals surface area contributed by atoms with Gasteiger partial charge in [0.15, 0.2) is 0 Å². The maximum Gasteiger partial charge on any atom is 0.508 e. The third-order valence-corrected chi connectivity index (χ3v) is 9.50. The monoisotopic (exact) mass is 726 g/mol. The van der Waals surface area contributed by atoms with E-state index in [-0.39, 0.29) is 29.8 Å². The third-order valence-electron chi connectivity index (χ3n) is 9.50. The first kappa shape index (κ1) is 41.8. The Labute approximate surface area is 304 Å². The van der Waals surface area contributed by atoms with Gasteiger partial charge in [0.25, 0.3) is 0 Å². The largest absolute Gasteiger partial charge is 0.508 e. The van der Waals surface area contributed by atoms with E-state index >= 15 is 0 Å². The van der Waals surface area contributed by atoms with E-state index < -0.39 is 6.16 Å². The highest BCUT2D eigenvalue weighted by molar-refractivity contribution is 6.40. The SMILES string of the molecule is C1CCOC1.COC(=O)OC1C=CCCC1.ClCCl.O[C@@H]1CCC[C@@H]2O[C@H]12.O[C@H]1C=CCCC1.c1ccc(CO[C@@H]2CCC[C@@H]3C[C@@H]32)cc1. The molecule has 0 spiro atoms. The van der Waals surface area contributed by atoms with Crippen LogP contribution in [0, 0.1) is 11.8 Å². The van der Waals surface area contributed by atoms with Gasteiger partial charge in [-0.1, -0.05) is 55.0 Å². The highest BCUT2D eigenvalue weighted by Gasteiger charge is 2.46. The van der Waals surface area contributed by atoms with Crippen LogP contribution in [0.2, 0.25) is 0 Å². The first-order valence-corrected chi connectivity index (χ1v) is 19.5. The van der Waals surface area contributed by atoms with Crippen molar-refractivity contribution in [1.29, 1.82) is 0 Å². The van der Waals surface area contributed by atoms with Crippen molar-refractivity contribution in [3.63, 3.8) is 0 Å². The molecule has 7 aliphatic rings. The van der Waals surface area contributed by atoms with Crippen LogP contribution in [0.3, 0.4) is 0 Å². The molecule has 1 aromatic rings. The van der Waals surface area contributed by atoms with Gasteiger partial charge in [-0.25, -0.2) is 4.79 Å². The Morgan fingerprint density at radius 1 is 0.857 bits per heavy atom. The van der Waals surface area contributed by atoms with Gasteiger partial charge in [-0.3, -0.25) is 0 Å². The number of halogens is 2. The number of carbonyl (C=O) groups excluding carboxylic acids is 1. The molecule has 8 nitrogen and oxygen atoms in total. The van der Waals surface area contributed by atoms with Crippen molar-refractivity contribution >= 4 is 29.4 Å². The van der Waals surface area contributed by atoms with Crippen LogP contribution in [0.15, 0.2) is 54.6 Å². The van der Waals surface area contributed by atoms with Gasteiger partial charge in [-0.2, -0.15) is 0 Å². The summed E-state index contributed by atoms with van der Waals surface area (Å²) in [5.74, 6) is 1.92. The van der Waals surface area contributed by atoms with E-state index in [9.17, 15) is 4.79 Å². The number of ether oxygens (including phenoxy) is 5. The van der Waals surface area contributed by atoms with Crippen molar-refractivity contribution in [2.45, 2.75) is 140 Å². The van der Waals surface area contributed by atoms with E-state index in [0.717, 1.165) is 83.0 Å². The van der Waals surface area contributed by atoms with Gasteiger partial charge >= 0.3 is 6.16 Å². The van der Waals surface area contributed by atoms with E-state index in [4.69, 9.17) is 52.4 Å². The summed E-state index contributed by atoms with van der Waals surface area (Å²) < 4.78 is 25.4. The summed E-state index contributed by atoms with van der Waals surface area (Å²) in [6.45, 7) is 2.80. The van der Waals surface area contributed by atoms with Crippen LogP contribution in [0.25, 0.3) is 0 Å². The number of hydrogen-bond donors (Lipinski definition) is 2. The lowest BCUT2D eigenvalue weighted by Crippen LogP contribution is -2.20. The minimum Gasteiger partial charge on any atom is -0.438 e. The molecule has 49 heavy (non-hydrogen) atoms. The molecule has 10 heteroatoms. The fourth-order valence-corrected chi connectivity index (χ4v) is 6.61. The summed E-state index contributed by atoms with van der Waals surface area (Å²) >= 11 is 9.53. The topological polar surface area (TPSA) is 107 Å². The lowest BCUT2D eigenvalue weighted by atomic mass is 9.98. The second-order valence-corrected chi connectivity index (χ2v) is 14.2. The Bertz CT molecular complexity index is 1050. The van der Waals surface area contributed by atoms with Gasteiger partial charge in [0.2, 0.25) is 0 Å². The molecular formula is C39H60Cl2O8. The molecule has 2 N–H and O–H groups in total. The molecule has 8 rings (SSSR count). The maximum absolute atomic E-state index is 10.6. The van der Waals surface area contributed by atoms with Crippen LogP contribution in [-0.2, 0) is 30.3 Å². The molecule has 0 amide bonds. The summed E-state index contributed by atoms with van der Waals surface area (Å²) in [5.41, 5.74) is 1.31. The highest BCUT2D eigenvalue weighted by atomic mass is 35.5. The summed E-state index contributed by atoms with van der Waals surface area (Å²) in [5, 5.41) is 18.1. The van der Waals surface area contributed by atoms with E-state index in [2.05, 4.69) is 35.1 Å². The maximum atomic E-state index is 10.6. The Morgan fingerprint density at radius 3 is 2.08 bits per heavy atom. The zero-order valence-corrected chi connectivity index (χ0v) is 30.9. The normalized spacial score (nSPS) is 31.2. The lowest BCUT2D eigenvalue weighted by Gasteiger charge is -2.21. The second kappa shape index (κ2) is 25.3. The van der Waals surface area contributed by atoms with Crippen molar-refractivity contribution in [2.24, 2.45) is 11.8 Å². The molecule has 3 saturated carbocycles. The summed E-state index contributed by atoms with van der Waals surface area (Å²) in [7, 11) is 1.31. The number of methoxy groups -OCH3 is 1. The summed E-state index contributed by atoms with van der Waals surface area (Å²) in [4.78, 5) is 10.6. The van der Waals surface area contributed by atoms with Crippen molar-refractivity contribution in [3.8, 4) is 0 Å². The zero-order chi connectivity index (χ0) is 35.1. The standard InChI is InChI=1S/C14H18O.C8H12O3.C6H10O2.C6H10O.C4H8O.CH2Cl2/c1-2-5-11(6-3-1)10-15-14-8-4-7-12-9-13(12)14;1-10-8(9)11-7-5-3-2-4-6-7;7-4-2-1-3-5-6(4)8-5;7-6-4-2-1-3-5-6;1-2-4-5-3-1;2-1-3/h1-3,5-6,12-14H,4,7-10H2;3,5,7H,2,4,6H2,1H3;4-7H,1-3H2;2,4,6-7H,1,3,5H2;1-4H2;1H2/t12-,13+,14-;;4-,5+,6-;6-;;/m1.10../s1. The molecule has 0 bridgehead atoms. The van der Waals surface area contributed by atoms with Gasteiger partial charge in [0, 0.05) is 13.2 Å². The van der Waals surface area contributed by atoms with Crippen LogP contribution >= 0.6 is 23.2 Å². The van der Waals surface area contributed by atoms with Gasteiger partial charge in [0.1, 0.15) is 12.2 Å². The molecule has 8 atom stereocenters. The summed E-state index contributed by atoms with van der Waals surface area (Å²) in [6, 6.07) is 10.5. The fourth-order valence-electron chi connectivity index (χ4n) is 6.61. The number of hydrogen-bond acceptors (Lipinski definition) is 8. The van der Waals surface area contributed by atoms with Gasteiger partial charge in [-0.15, -0.1) is 23.2 Å². The average Bonchev–Trinajstić information content (AvgIpc) is 4.04. The van der Waals surface area contributed by atoms with Gasteiger partial charge < -0.3 is 33.9 Å². The minimum atomic E-state index is -0.596. The van der Waals surface area contributed by atoms with Crippen molar-refractivity contribution in [1.82, 2.24) is 0 Å². The molecule has 2 saturated heterocycles. The van der Waals surface area contributed by atoms with Gasteiger partial charge in [-0.05, 0) is 113 Å². The highest BCUT2D eigenvalue weighted by Crippen LogP contribution is 2.50. The number of aliphatic hydroxyl groups is 2. The van der Waals surface area contributed by atoms with Crippen LogP contribution in [0.5, 0.6) is 0 Å². The molecule has 5 fully saturated rings. The lowest BCUT2D eigenvalue weighted by molar-refractivity contribution is 0.00668. The van der Waals surface area contributed by atoms with E-state index in [1.165, 1.54) is 57.6 Å². The van der Waals surface area contributed by atoms with Crippen LogP contribution in [0.4, 0.5) is 4.79 Å². The Kier molecular flexibility index (Phi) is 21.6. The minimum absolute atomic E-state index is 0.0730. The number of fused-ring (bicyclic) bond motifs is 2. The van der Waals surface area contributed by atoms with Crippen LogP contribution in [0.1, 0.15) is 102 Å². The number of alkyl halides is 2. The fraction of sp³-hybridized carbons (Fsp3) is 0.718. The molecular weight excluding hydrogens is 667 g/mol. The van der Waals surface area contributed by atoms with Crippen molar-refractivity contribution in [3.05, 3.63) is 60.2 Å². The Balaban J connectivity index is 0.000000170. The van der Waals surface area contributed by atoms with Crippen molar-refractivity contribution < 1.29 is 38.7 Å². The molecule has 0 aromatic heterocycles. The number of benzene rings is 1. The Hall–Kier alpha value is -1.65. The third kappa shape index (κ3) is 18.4. The first-order valence-electron chi connectivity index (χ1n) is 18.4. The van der Waals surface area contributed by atoms with Gasteiger partial charge in [0.05, 0.1) is 43.5 Å². The van der Waals surface area contributed by atoms with E-state index in [1.807, 2.05) is 24.3 Å². The quantitative estimate of drug-likeness (QED) is 0.137. The predicted octanol–water partition coefficient (Wildman–Crippen LogP) is 8.87. The summed E-state index contributed by atoms with van der Waals surface area (Å²) in [6.07, 6.45) is 25.8. The van der Waals surface area contributed by atoms with Crippen LogP contribution in [-0.4, -0.2) is 78.7 Å². The van der Waals surface area contributed by atoms with Crippen molar-refractivity contribution in [2.75, 3.05) is 25.7 Å². The van der Waals surface area contributed by atoms with E-state index in [1.54, 1.807) is 0 Å². The number of allylic oxidation sites excluding steroid dienone is 2. The molecule has 5 aliphatic carbocycles. The molecule has 2 heterocycles. The van der Waals surface area contributed by atoms with E-state index in [0.29, 0.717) is 12.2 Å². The molecule has 0 radical (unpaired) electrons. The number of epoxide rings is 1. The second-order valence-electron chi connectivity index (χ2n) is 13.4. The molecule has 278 valence electrons. The Morgan fingerprint density at radius 2 is 1.55 bits per heavy atom. The first-order chi connectivity index (χ1) is 23.9. The molecule has 1 unspecified atom stereocenters. The predicted molar refractivity (Wildman–Crippen MR) is 195 cm³/mol. The number of rotatable bonds is 4. The zero-order valence-electron chi connectivity index (χ0n) is 29.3. The number of carbonyl (C=O) groups is 1. The average molecular weight is 728 g/mol. The molecule has 2 aliphatic heterocycles.